The number of unbranched alkanes of at least 4 members (excludes halogenated alkanes) is 1. The molecular weight excluding hydrogens is 404 g/mol. The van der Waals surface area contributed by atoms with Crippen LogP contribution < -0.4 is 5.43 Å². The topological polar surface area (TPSA) is 75.7 Å². The summed E-state index contributed by atoms with van der Waals surface area (Å²) in [6.45, 7) is 2.33. The van der Waals surface area contributed by atoms with Crippen molar-refractivity contribution in [1.29, 1.82) is 0 Å². The SMILES string of the molecule is CCCCN(NC(=O)c1ccccc1)C(=O)c1ccccc1COC(=O)c1ccccc1. The highest BCUT2D eigenvalue weighted by molar-refractivity contribution is 6.00. The number of benzene rings is 3. The second-order valence-electron chi connectivity index (χ2n) is 7.22. The van der Waals surface area contributed by atoms with Gasteiger partial charge in [-0.1, -0.05) is 67.9 Å². The van der Waals surface area contributed by atoms with E-state index in [-0.39, 0.29) is 18.4 Å². The average Bonchev–Trinajstić information content (AvgIpc) is 2.85. The molecule has 1 N–H and O–H groups in total. The number of carbonyl (C=O) groups excluding carboxylic acids is 3. The van der Waals surface area contributed by atoms with E-state index in [4.69, 9.17) is 4.74 Å². The van der Waals surface area contributed by atoms with Crippen LogP contribution in [0.3, 0.4) is 0 Å². The summed E-state index contributed by atoms with van der Waals surface area (Å²) in [7, 11) is 0. The van der Waals surface area contributed by atoms with Gasteiger partial charge in [-0.3, -0.25) is 15.0 Å². The van der Waals surface area contributed by atoms with Crippen LogP contribution in [0.5, 0.6) is 0 Å². The van der Waals surface area contributed by atoms with Crippen molar-refractivity contribution in [2.24, 2.45) is 0 Å². The Morgan fingerprint density at radius 2 is 1.41 bits per heavy atom. The molecule has 3 rings (SSSR count). The number of amides is 2. The molecule has 32 heavy (non-hydrogen) atoms. The summed E-state index contributed by atoms with van der Waals surface area (Å²) in [4.78, 5) is 38.3. The molecule has 164 valence electrons. The van der Waals surface area contributed by atoms with Gasteiger partial charge in [-0.15, -0.1) is 0 Å². The van der Waals surface area contributed by atoms with E-state index in [2.05, 4.69) is 5.43 Å². The molecule has 0 aliphatic carbocycles. The lowest BCUT2D eigenvalue weighted by Crippen LogP contribution is -2.47. The molecule has 0 fully saturated rings. The highest BCUT2D eigenvalue weighted by Gasteiger charge is 2.21. The maximum absolute atomic E-state index is 13.3. The van der Waals surface area contributed by atoms with Crippen LogP contribution in [0.25, 0.3) is 0 Å². The van der Waals surface area contributed by atoms with E-state index in [0.717, 1.165) is 12.8 Å². The smallest absolute Gasteiger partial charge is 0.338 e. The molecule has 0 saturated heterocycles. The number of nitrogens with one attached hydrogen (secondary N) is 1. The first-order valence-electron chi connectivity index (χ1n) is 10.6. The summed E-state index contributed by atoms with van der Waals surface area (Å²) in [5.41, 5.74) is 4.57. The van der Waals surface area contributed by atoms with Gasteiger partial charge in [0.25, 0.3) is 11.8 Å². The molecule has 0 spiro atoms. The minimum absolute atomic E-state index is 0.0517. The first-order chi connectivity index (χ1) is 15.6. The average molecular weight is 431 g/mol. The quantitative estimate of drug-likeness (QED) is 0.418. The van der Waals surface area contributed by atoms with Gasteiger partial charge in [0.15, 0.2) is 0 Å². The van der Waals surface area contributed by atoms with Gasteiger partial charge in [-0.25, -0.2) is 9.80 Å². The van der Waals surface area contributed by atoms with E-state index in [1.807, 2.05) is 19.1 Å². The number of hydrogen-bond donors (Lipinski definition) is 1. The molecule has 0 atom stereocenters. The van der Waals surface area contributed by atoms with Crippen molar-refractivity contribution in [2.75, 3.05) is 6.54 Å². The van der Waals surface area contributed by atoms with Crippen LogP contribution in [-0.2, 0) is 11.3 Å². The number of rotatable bonds is 8. The van der Waals surface area contributed by atoms with Crippen molar-refractivity contribution in [3.05, 3.63) is 107 Å². The van der Waals surface area contributed by atoms with E-state index in [9.17, 15) is 14.4 Å². The Labute approximate surface area is 187 Å². The highest BCUT2D eigenvalue weighted by atomic mass is 16.5. The van der Waals surface area contributed by atoms with E-state index < -0.39 is 5.97 Å². The summed E-state index contributed by atoms with van der Waals surface area (Å²) in [6, 6.07) is 24.3. The number of nitrogens with zero attached hydrogens (tertiary/aromatic N) is 1. The second kappa shape index (κ2) is 11.5. The first kappa shape index (κ1) is 22.7. The fraction of sp³-hybridized carbons (Fsp3) is 0.192. The van der Waals surface area contributed by atoms with Gasteiger partial charge in [-0.05, 0) is 36.8 Å². The molecule has 0 heterocycles. The molecule has 2 amide bonds. The van der Waals surface area contributed by atoms with Gasteiger partial charge in [0, 0.05) is 23.2 Å². The number of carbonyl (C=O) groups is 3. The van der Waals surface area contributed by atoms with Gasteiger partial charge in [0.1, 0.15) is 6.61 Å². The van der Waals surface area contributed by atoms with Crippen LogP contribution in [0, 0.1) is 0 Å². The Morgan fingerprint density at radius 1 is 0.812 bits per heavy atom. The zero-order chi connectivity index (χ0) is 22.8. The maximum Gasteiger partial charge on any atom is 0.338 e. The van der Waals surface area contributed by atoms with E-state index in [1.165, 1.54) is 5.01 Å². The van der Waals surface area contributed by atoms with Gasteiger partial charge in [0.2, 0.25) is 0 Å². The summed E-state index contributed by atoms with van der Waals surface area (Å²) >= 11 is 0. The van der Waals surface area contributed by atoms with Crippen molar-refractivity contribution in [3.63, 3.8) is 0 Å². The Balaban J connectivity index is 1.76. The number of ether oxygens (including phenoxy) is 1. The lowest BCUT2D eigenvalue weighted by molar-refractivity contribution is 0.0465. The van der Waals surface area contributed by atoms with Crippen LogP contribution >= 0.6 is 0 Å². The van der Waals surface area contributed by atoms with Crippen LogP contribution in [0.2, 0.25) is 0 Å². The van der Waals surface area contributed by atoms with Gasteiger partial charge in [-0.2, -0.15) is 0 Å². The van der Waals surface area contributed by atoms with Crippen molar-refractivity contribution in [2.45, 2.75) is 26.4 Å². The maximum atomic E-state index is 13.3. The normalized spacial score (nSPS) is 10.3. The largest absolute Gasteiger partial charge is 0.457 e. The zero-order valence-electron chi connectivity index (χ0n) is 18.0. The molecular formula is C26H26N2O4. The Bertz CT molecular complexity index is 1050. The lowest BCUT2D eigenvalue weighted by atomic mass is 10.1. The molecule has 3 aromatic carbocycles. The molecule has 0 aromatic heterocycles. The Morgan fingerprint density at radius 3 is 2.06 bits per heavy atom. The van der Waals surface area contributed by atoms with Crippen molar-refractivity contribution >= 4 is 17.8 Å². The lowest BCUT2D eigenvalue weighted by Gasteiger charge is -2.24. The van der Waals surface area contributed by atoms with Crippen molar-refractivity contribution in [1.82, 2.24) is 10.4 Å². The van der Waals surface area contributed by atoms with Crippen LogP contribution in [0.1, 0.15) is 56.4 Å². The van der Waals surface area contributed by atoms with Gasteiger partial charge < -0.3 is 4.74 Å². The third kappa shape index (κ3) is 6.04. The fourth-order valence-electron chi connectivity index (χ4n) is 3.10. The monoisotopic (exact) mass is 430 g/mol. The molecule has 0 bridgehead atoms. The standard InChI is InChI=1S/C26H26N2O4/c1-2-3-18-28(27-24(29)20-12-6-4-7-13-20)25(30)23-17-11-10-16-22(23)19-32-26(31)21-14-8-5-9-15-21/h4-17H,2-3,18-19H2,1H3,(H,27,29). The molecule has 3 aromatic rings. The Hall–Kier alpha value is -3.93. The second-order valence-corrected chi connectivity index (χ2v) is 7.22. The molecule has 0 aliphatic rings. The summed E-state index contributed by atoms with van der Waals surface area (Å²) < 4.78 is 5.42. The molecule has 0 radical (unpaired) electrons. The van der Waals surface area contributed by atoms with Crippen LogP contribution in [0.15, 0.2) is 84.9 Å². The van der Waals surface area contributed by atoms with E-state index >= 15 is 0 Å². The predicted molar refractivity (Wildman–Crippen MR) is 122 cm³/mol. The summed E-state index contributed by atoms with van der Waals surface area (Å²) in [5, 5.41) is 1.33. The highest BCUT2D eigenvalue weighted by Crippen LogP contribution is 2.15. The van der Waals surface area contributed by atoms with Crippen molar-refractivity contribution < 1.29 is 19.1 Å². The Kier molecular flexibility index (Phi) is 8.15. The molecule has 0 aliphatic heterocycles. The third-order valence-electron chi connectivity index (χ3n) is 4.87. The third-order valence-corrected chi connectivity index (χ3v) is 4.87. The molecule has 6 nitrogen and oxygen atoms in total. The fourth-order valence-corrected chi connectivity index (χ4v) is 3.10. The predicted octanol–water partition coefficient (Wildman–Crippen LogP) is 4.63. The minimum Gasteiger partial charge on any atom is -0.457 e. The van der Waals surface area contributed by atoms with Crippen LogP contribution in [-0.4, -0.2) is 29.3 Å². The summed E-state index contributed by atoms with van der Waals surface area (Å²) in [6.07, 6.45) is 1.59. The molecule has 0 unspecified atom stereocenters. The molecule has 6 heteroatoms. The van der Waals surface area contributed by atoms with E-state index in [0.29, 0.717) is 28.8 Å². The van der Waals surface area contributed by atoms with Crippen molar-refractivity contribution in [3.8, 4) is 0 Å². The van der Waals surface area contributed by atoms with Crippen LogP contribution in [0.4, 0.5) is 0 Å². The van der Waals surface area contributed by atoms with E-state index in [1.54, 1.807) is 72.8 Å². The number of hydrogen-bond acceptors (Lipinski definition) is 4. The first-order valence-corrected chi connectivity index (χ1v) is 10.6. The number of hydrazine groups is 1. The summed E-state index contributed by atoms with van der Waals surface area (Å²) in [5.74, 6) is -1.18. The molecule has 0 saturated carbocycles. The minimum atomic E-state index is -0.465. The zero-order valence-corrected chi connectivity index (χ0v) is 18.0. The number of esters is 1. The van der Waals surface area contributed by atoms with Gasteiger partial charge in [0.05, 0.1) is 5.56 Å². The van der Waals surface area contributed by atoms with Gasteiger partial charge >= 0.3 is 5.97 Å².